The van der Waals surface area contributed by atoms with Gasteiger partial charge in [0.25, 0.3) is 0 Å². The van der Waals surface area contributed by atoms with E-state index in [1.165, 1.54) is 6.42 Å². The summed E-state index contributed by atoms with van der Waals surface area (Å²) in [5.74, 6) is 0.233. The maximum absolute atomic E-state index is 11.9. The highest BCUT2D eigenvalue weighted by Gasteiger charge is 2.28. The van der Waals surface area contributed by atoms with Crippen molar-refractivity contribution in [2.24, 2.45) is 5.73 Å². The van der Waals surface area contributed by atoms with E-state index in [1.54, 1.807) is 6.08 Å². The van der Waals surface area contributed by atoms with E-state index in [2.05, 4.69) is 6.58 Å². The molecule has 2 unspecified atom stereocenters. The van der Waals surface area contributed by atoms with E-state index in [1.807, 2.05) is 11.8 Å². The highest BCUT2D eigenvalue weighted by molar-refractivity contribution is 5.76. The average Bonchev–Trinajstić information content (AvgIpc) is 2.25. The minimum Gasteiger partial charge on any atom is -0.338 e. The quantitative estimate of drug-likeness (QED) is 0.718. The number of allylic oxidation sites excluding steroid dienone is 1. The number of rotatable bonds is 4. The van der Waals surface area contributed by atoms with Gasteiger partial charge in [-0.2, -0.15) is 0 Å². The number of amides is 1. The van der Waals surface area contributed by atoms with Crippen LogP contribution in [0, 0.1) is 0 Å². The molecule has 1 amide bonds. The zero-order valence-electron chi connectivity index (χ0n) is 9.61. The fraction of sp³-hybridized carbons (Fsp3) is 0.750. The number of carbonyl (C=O) groups is 1. The monoisotopic (exact) mass is 210 g/mol. The smallest absolute Gasteiger partial charge is 0.223 e. The maximum atomic E-state index is 11.9. The Hall–Kier alpha value is -0.830. The number of hydrogen-bond donors (Lipinski definition) is 1. The standard InChI is InChI=1S/C12H22N2O/c1-3-4-8-12(15)14-9-6-5-7-11(14)10(2)13/h3,10-11H,1,4-9,13H2,2H3. The van der Waals surface area contributed by atoms with Gasteiger partial charge < -0.3 is 10.6 Å². The third-order valence-corrected chi connectivity index (χ3v) is 3.04. The van der Waals surface area contributed by atoms with Crippen LogP contribution in [0.25, 0.3) is 0 Å². The van der Waals surface area contributed by atoms with Crippen molar-refractivity contribution < 1.29 is 4.79 Å². The molecule has 1 aliphatic rings. The molecular formula is C12H22N2O. The summed E-state index contributed by atoms with van der Waals surface area (Å²) in [7, 11) is 0. The van der Waals surface area contributed by atoms with Crippen molar-refractivity contribution >= 4 is 5.91 Å². The van der Waals surface area contributed by atoms with Gasteiger partial charge in [0.15, 0.2) is 0 Å². The van der Waals surface area contributed by atoms with Gasteiger partial charge in [0.1, 0.15) is 0 Å². The topological polar surface area (TPSA) is 46.3 Å². The molecule has 0 aromatic rings. The van der Waals surface area contributed by atoms with Crippen LogP contribution in [0.2, 0.25) is 0 Å². The first-order valence-corrected chi connectivity index (χ1v) is 5.82. The van der Waals surface area contributed by atoms with Gasteiger partial charge in [-0.1, -0.05) is 6.08 Å². The summed E-state index contributed by atoms with van der Waals surface area (Å²) in [5.41, 5.74) is 5.91. The summed E-state index contributed by atoms with van der Waals surface area (Å²) in [6.45, 7) is 6.50. The lowest BCUT2D eigenvalue weighted by atomic mass is 9.96. The number of piperidine rings is 1. The zero-order valence-corrected chi connectivity index (χ0v) is 9.61. The second-order valence-corrected chi connectivity index (χ2v) is 4.34. The predicted molar refractivity (Wildman–Crippen MR) is 62.4 cm³/mol. The molecule has 1 rings (SSSR count). The average molecular weight is 210 g/mol. The number of hydrogen-bond acceptors (Lipinski definition) is 2. The largest absolute Gasteiger partial charge is 0.338 e. The van der Waals surface area contributed by atoms with Gasteiger partial charge in [-0.25, -0.2) is 0 Å². The lowest BCUT2D eigenvalue weighted by Gasteiger charge is -2.38. The van der Waals surface area contributed by atoms with Gasteiger partial charge in [0, 0.05) is 25.0 Å². The molecule has 0 saturated carbocycles. The Morgan fingerprint density at radius 3 is 3.00 bits per heavy atom. The summed E-state index contributed by atoms with van der Waals surface area (Å²) in [5, 5.41) is 0. The van der Waals surface area contributed by atoms with Gasteiger partial charge in [-0.15, -0.1) is 6.58 Å². The Labute approximate surface area is 92.3 Å². The van der Waals surface area contributed by atoms with Crippen molar-refractivity contribution in [3.63, 3.8) is 0 Å². The summed E-state index contributed by atoms with van der Waals surface area (Å²) in [4.78, 5) is 13.9. The van der Waals surface area contributed by atoms with E-state index in [9.17, 15) is 4.79 Å². The molecule has 2 N–H and O–H groups in total. The predicted octanol–water partition coefficient (Wildman–Crippen LogP) is 1.68. The molecule has 15 heavy (non-hydrogen) atoms. The second-order valence-electron chi connectivity index (χ2n) is 4.34. The van der Waals surface area contributed by atoms with Crippen molar-refractivity contribution in [1.82, 2.24) is 4.90 Å². The Balaban J connectivity index is 2.55. The van der Waals surface area contributed by atoms with Crippen LogP contribution in [-0.2, 0) is 4.79 Å². The van der Waals surface area contributed by atoms with Crippen molar-refractivity contribution in [3.8, 4) is 0 Å². The maximum Gasteiger partial charge on any atom is 0.223 e. The van der Waals surface area contributed by atoms with Crippen molar-refractivity contribution in [2.45, 2.75) is 51.1 Å². The van der Waals surface area contributed by atoms with Crippen LogP contribution >= 0.6 is 0 Å². The highest BCUT2D eigenvalue weighted by Crippen LogP contribution is 2.20. The van der Waals surface area contributed by atoms with Gasteiger partial charge in [-0.3, -0.25) is 4.79 Å². The second kappa shape index (κ2) is 5.91. The third-order valence-electron chi connectivity index (χ3n) is 3.04. The van der Waals surface area contributed by atoms with E-state index in [4.69, 9.17) is 5.73 Å². The number of nitrogens with zero attached hydrogens (tertiary/aromatic N) is 1. The van der Waals surface area contributed by atoms with Gasteiger partial charge in [0.2, 0.25) is 5.91 Å². The molecule has 0 aliphatic carbocycles. The van der Waals surface area contributed by atoms with Crippen LogP contribution in [0.3, 0.4) is 0 Å². The molecular weight excluding hydrogens is 188 g/mol. The molecule has 1 saturated heterocycles. The molecule has 1 fully saturated rings. The first-order chi connectivity index (χ1) is 7.16. The van der Waals surface area contributed by atoms with E-state index < -0.39 is 0 Å². The summed E-state index contributed by atoms with van der Waals surface area (Å²) < 4.78 is 0. The molecule has 0 aromatic carbocycles. The summed E-state index contributed by atoms with van der Waals surface area (Å²) >= 11 is 0. The fourth-order valence-electron chi connectivity index (χ4n) is 2.18. The van der Waals surface area contributed by atoms with E-state index >= 15 is 0 Å². The molecule has 0 radical (unpaired) electrons. The molecule has 3 heteroatoms. The third kappa shape index (κ3) is 3.34. The number of nitrogens with two attached hydrogens (primary N) is 1. The Morgan fingerprint density at radius 1 is 1.67 bits per heavy atom. The Kier molecular flexibility index (Phi) is 4.82. The minimum absolute atomic E-state index is 0.0815. The van der Waals surface area contributed by atoms with E-state index in [-0.39, 0.29) is 18.0 Å². The van der Waals surface area contributed by atoms with Crippen molar-refractivity contribution in [2.75, 3.05) is 6.54 Å². The van der Waals surface area contributed by atoms with Crippen LogP contribution in [0.15, 0.2) is 12.7 Å². The summed E-state index contributed by atoms with van der Waals surface area (Å²) in [6.07, 6.45) is 6.49. The van der Waals surface area contributed by atoms with E-state index in [0.29, 0.717) is 6.42 Å². The molecule has 0 spiro atoms. The van der Waals surface area contributed by atoms with Crippen LogP contribution in [-0.4, -0.2) is 29.4 Å². The first kappa shape index (κ1) is 12.2. The normalized spacial score (nSPS) is 23.6. The zero-order chi connectivity index (χ0) is 11.3. The molecule has 2 atom stereocenters. The minimum atomic E-state index is 0.0815. The first-order valence-electron chi connectivity index (χ1n) is 5.82. The van der Waals surface area contributed by atoms with Crippen LogP contribution in [0.5, 0.6) is 0 Å². The van der Waals surface area contributed by atoms with Gasteiger partial charge in [0.05, 0.1) is 0 Å². The van der Waals surface area contributed by atoms with Gasteiger partial charge in [-0.05, 0) is 32.6 Å². The van der Waals surface area contributed by atoms with Crippen LogP contribution < -0.4 is 5.73 Å². The molecule has 1 heterocycles. The fourth-order valence-corrected chi connectivity index (χ4v) is 2.18. The molecule has 0 aromatic heterocycles. The summed E-state index contributed by atoms with van der Waals surface area (Å²) in [6, 6.07) is 0.328. The number of carbonyl (C=O) groups excluding carboxylic acids is 1. The SMILES string of the molecule is C=CCCC(=O)N1CCCCC1C(C)N. The van der Waals surface area contributed by atoms with Crippen LogP contribution in [0.1, 0.15) is 39.0 Å². The van der Waals surface area contributed by atoms with E-state index in [0.717, 1.165) is 25.8 Å². The van der Waals surface area contributed by atoms with Gasteiger partial charge >= 0.3 is 0 Å². The lowest BCUT2D eigenvalue weighted by Crippen LogP contribution is -2.51. The highest BCUT2D eigenvalue weighted by atomic mass is 16.2. The molecule has 1 aliphatic heterocycles. The van der Waals surface area contributed by atoms with Crippen LogP contribution in [0.4, 0.5) is 0 Å². The van der Waals surface area contributed by atoms with Crippen molar-refractivity contribution in [1.29, 1.82) is 0 Å². The lowest BCUT2D eigenvalue weighted by molar-refractivity contribution is -0.135. The number of likely N-dealkylation sites (tertiary alicyclic amines) is 1. The van der Waals surface area contributed by atoms with Crippen molar-refractivity contribution in [3.05, 3.63) is 12.7 Å². The Morgan fingerprint density at radius 2 is 2.40 bits per heavy atom. The molecule has 3 nitrogen and oxygen atoms in total. The molecule has 86 valence electrons. The Bertz CT molecular complexity index is 226. The molecule has 0 bridgehead atoms.